The molecule has 1 aromatic carbocycles. The number of benzene rings is 1. The molecule has 0 saturated carbocycles. The molecule has 0 aliphatic rings. The highest BCUT2D eigenvalue weighted by Crippen LogP contribution is 2.36. The molecule has 0 heterocycles. The lowest BCUT2D eigenvalue weighted by molar-refractivity contribution is -0.166. The third-order valence-corrected chi connectivity index (χ3v) is 3.57. The fourth-order valence-electron chi connectivity index (χ4n) is 2.36. The Labute approximate surface area is 157 Å². The second kappa shape index (κ2) is 11.9. The molecule has 150 valence electrons. The van der Waals surface area contributed by atoms with E-state index < -0.39 is 11.0 Å². The van der Waals surface area contributed by atoms with Gasteiger partial charge in [0.15, 0.2) is 0 Å². The summed E-state index contributed by atoms with van der Waals surface area (Å²) in [5, 5.41) is 9.39. The van der Waals surface area contributed by atoms with Crippen LogP contribution in [0, 0.1) is 5.41 Å². The molecule has 0 aromatic heterocycles. The van der Waals surface area contributed by atoms with Crippen LogP contribution in [0.2, 0.25) is 0 Å². The van der Waals surface area contributed by atoms with Gasteiger partial charge in [0.1, 0.15) is 11.4 Å². The number of rotatable bonds is 5. The largest absolute Gasteiger partial charge is 0.508 e. The van der Waals surface area contributed by atoms with Crippen molar-refractivity contribution >= 4 is 5.97 Å². The molecule has 0 aliphatic carbocycles. The lowest BCUT2D eigenvalue weighted by Gasteiger charge is -2.31. The van der Waals surface area contributed by atoms with Gasteiger partial charge in [0.25, 0.3) is 0 Å². The first-order valence-corrected chi connectivity index (χ1v) is 7.57. The third kappa shape index (κ3) is 10.2. The number of phenols is 1. The second-order valence-electron chi connectivity index (χ2n) is 7.29. The molecule has 0 bridgehead atoms. The normalized spacial score (nSPS) is 11.6. The average molecular weight is 357 g/mol. The Morgan fingerprint density at radius 1 is 1.00 bits per heavy atom. The molecule has 3 heteroatoms. The minimum Gasteiger partial charge on any atom is -0.508 e. The first kappa shape index (κ1) is 31.3. The molecule has 0 amide bonds. The van der Waals surface area contributed by atoms with Crippen molar-refractivity contribution in [2.75, 3.05) is 0 Å². The molecule has 0 fully saturated rings. The minimum absolute atomic E-state index is 0. The summed E-state index contributed by atoms with van der Waals surface area (Å²) < 4.78 is 5.52. The van der Waals surface area contributed by atoms with Crippen molar-refractivity contribution in [1.82, 2.24) is 0 Å². The fourth-order valence-corrected chi connectivity index (χ4v) is 2.36. The summed E-state index contributed by atoms with van der Waals surface area (Å²) in [5.41, 5.74) is 0.146. The Hall–Kier alpha value is -1.51. The molecule has 3 nitrogen and oxygen atoms in total. The van der Waals surface area contributed by atoms with E-state index in [1.165, 1.54) is 0 Å². The van der Waals surface area contributed by atoms with Gasteiger partial charge in [-0.3, -0.25) is 4.79 Å². The number of aromatic hydroxyl groups is 1. The molecule has 1 rings (SSSR count). The van der Waals surface area contributed by atoms with Crippen LogP contribution in [0.5, 0.6) is 5.75 Å². The summed E-state index contributed by atoms with van der Waals surface area (Å²) >= 11 is 0. The first-order valence-electron chi connectivity index (χ1n) is 7.57. The molecule has 1 N–H and O–H groups in total. The maximum absolute atomic E-state index is 12.4. The van der Waals surface area contributed by atoms with Gasteiger partial charge in [-0.2, -0.15) is 0 Å². The third-order valence-electron chi connectivity index (χ3n) is 3.57. The Morgan fingerprint density at radius 2 is 1.44 bits per heavy atom. The minimum atomic E-state index is -0.536. The highest BCUT2D eigenvalue weighted by atomic mass is 16.6. The van der Waals surface area contributed by atoms with Crippen molar-refractivity contribution in [3.8, 4) is 5.75 Å². The van der Waals surface area contributed by atoms with Gasteiger partial charge in [0.2, 0.25) is 0 Å². The number of phenolic OH excluding ortho intramolecular Hbond substituents is 1. The van der Waals surface area contributed by atoms with E-state index in [-0.39, 0.29) is 47.3 Å². The lowest BCUT2D eigenvalue weighted by atomic mass is 9.78. The van der Waals surface area contributed by atoms with Crippen LogP contribution in [0.15, 0.2) is 24.3 Å². The maximum Gasteiger partial charge on any atom is 0.312 e. The molecular formula is C22H44O3. The van der Waals surface area contributed by atoms with E-state index in [4.69, 9.17) is 4.74 Å². The Bertz CT molecular complexity index is 467. The summed E-state index contributed by atoms with van der Waals surface area (Å²) in [4.78, 5) is 12.4. The molecule has 1 unspecified atom stereocenters. The number of carbonyl (C=O) groups excluding carboxylic acids is 1. The SMILES string of the molecule is C.C.C.C.CCC(CC(C)(C)C(=O)OC(C)(C)C)c1ccc(O)cc1. The fraction of sp³-hybridized carbons (Fsp3) is 0.682. The zero-order chi connectivity index (χ0) is 16.3. The summed E-state index contributed by atoms with van der Waals surface area (Å²) in [6.07, 6.45) is 1.67. The molecular weight excluding hydrogens is 312 g/mol. The lowest BCUT2D eigenvalue weighted by Crippen LogP contribution is -2.34. The van der Waals surface area contributed by atoms with Crippen LogP contribution in [-0.4, -0.2) is 16.7 Å². The molecule has 25 heavy (non-hydrogen) atoms. The maximum atomic E-state index is 12.4. The van der Waals surface area contributed by atoms with Crippen molar-refractivity contribution in [3.63, 3.8) is 0 Å². The van der Waals surface area contributed by atoms with Crippen molar-refractivity contribution in [1.29, 1.82) is 0 Å². The monoisotopic (exact) mass is 356 g/mol. The number of hydrogen-bond donors (Lipinski definition) is 1. The van der Waals surface area contributed by atoms with Crippen molar-refractivity contribution in [2.45, 2.75) is 95.6 Å². The predicted octanol–water partition coefficient (Wildman–Crippen LogP) is 7.19. The molecule has 0 aliphatic heterocycles. The van der Waals surface area contributed by atoms with E-state index in [2.05, 4.69) is 6.92 Å². The molecule has 0 radical (unpaired) electrons. The van der Waals surface area contributed by atoms with Crippen LogP contribution in [0.3, 0.4) is 0 Å². The van der Waals surface area contributed by atoms with E-state index in [1.54, 1.807) is 12.1 Å². The Balaban J connectivity index is -0.000000551. The van der Waals surface area contributed by atoms with Gasteiger partial charge in [-0.05, 0) is 71.1 Å². The standard InChI is InChI=1S/C18H28O3.4CH4/c1-7-13(14-8-10-15(19)11-9-14)12-18(5,6)16(20)21-17(2,3)4;;;;/h8-11,13,19H,7,12H2,1-6H3;4*1H4. The molecule has 1 atom stereocenters. The van der Waals surface area contributed by atoms with Crippen LogP contribution in [0.25, 0.3) is 0 Å². The summed E-state index contributed by atoms with van der Waals surface area (Å²) in [6.45, 7) is 11.6. The van der Waals surface area contributed by atoms with Crippen LogP contribution < -0.4 is 0 Å². The average Bonchev–Trinajstić information content (AvgIpc) is 2.35. The number of esters is 1. The second-order valence-corrected chi connectivity index (χ2v) is 7.29. The first-order chi connectivity index (χ1) is 9.55. The number of carbonyl (C=O) groups is 1. The van der Waals surface area contributed by atoms with Gasteiger partial charge >= 0.3 is 5.97 Å². The van der Waals surface area contributed by atoms with Gasteiger partial charge in [-0.25, -0.2) is 0 Å². The van der Waals surface area contributed by atoms with Crippen molar-refractivity contribution in [2.24, 2.45) is 5.41 Å². The van der Waals surface area contributed by atoms with Crippen LogP contribution in [0.4, 0.5) is 0 Å². The van der Waals surface area contributed by atoms with Crippen LogP contribution >= 0.6 is 0 Å². The van der Waals surface area contributed by atoms with Crippen LogP contribution in [0.1, 0.15) is 95.6 Å². The van der Waals surface area contributed by atoms with Gasteiger partial charge in [-0.15, -0.1) is 0 Å². The van der Waals surface area contributed by atoms with E-state index in [1.807, 2.05) is 46.8 Å². The van der Waals surface area contributed by atoms with E-state index in [9.17, 15) is 9.90 Å². The van der Waals surface area contributed by atoms with Gasteiger partial charge in [0, 0.05) is 0 Å². The van der Waals surface area contributed by atoms with Gasteiger partial charge < -0.3 is 9.84 Å². The quantitative estimate of drug-likeness (QED) is 0.568. The topological polar surface area (TPSA) is 46.5 Å². The molecule has 1 aromatic rings. The van der Waals surface area contributed by atoms with E-state index >= 15 is 0 Å². The van der Waals surface area contributed by atoms with Crippen molar-refractivity contribution < 1.29 is 14.6 Å². The number of ether oxygens (including phenoxy) is 1. The molecule has 0 saturated heterocycles. The summed E-state index contributed by atoms with van der Waals surface area (Å²) in [5.74, 6) is 0.375. The zero-order valence-corrected chi connectivity index (χ0v) is 14.1. The van der Waals surface area contributed by atoms with Gasteiger partial charge in [0.05, 0.1) is 5.41 Å². The predicted molar refractivity (Wildman–Crippen MR) is 112 cm³/mol. The Kier molecular flexibility index (Phi) is 14.9. The number of hydrogen-bond acceptors (Lipinski definition) is 3. The highest BCUT2D eigenvalue weighted by molar-refractivity contribution is 5.76. The van der Waals surface area contributed by atoms with Crippen LogP contribution in [-0.2, 0) is 9.53 Å². The van der Waals surface area contributed by atoms with E-state index in [0.717, 1.165) is 18.4 Å². The van der Waals surface area contributed by atoms with E-state index in [0.29, 0.717) is 0 Å². The summed E-state index contributed by atoms with van der Waals surface area (Å²) in [6, 6.07) is 7.24. The Morgan fingerprint density at radius 3 is 1.80 bits per heavy atom. The molecule has 0 spiro atoms. The smallest absolute Gasteiger partial charge is 0.312 e. The van der Waals surface area contributed by atoms with Gasteiger partial charge in [-0.1, -0.05) is 48.8 Å². The van der Waals surface area contributed by atoms with Crippen molar-refractivity contribution in [3.05, 3.63) is 29.8 Å². The zero-order valence-electron chi connectivity index (χ0n) is 14.1. The highest BCUT2D eigenvalue weighted by Gasteiger charge is 2.34. The summed E-state index contributed by atoms with van der Waals surface area (Å²) in [7, 11) is 0.